The zero-order chi connectivity index (χ0) is 33.9. The summed E-state index contributed by atoms with van der Waals surface area (Å²) < 4.78 is 4.83. The van der Waals surface area contributed by atoms with Crippen LogP contribution in [0.1, 0.15) is 12.5 Å². The summed E-state index contributed by atoms with van der Waals surface area (Å²) in [6, 6.07) is 53.3. The molecule has 51 heavy (non-hydrogen) atoms. The molecule has 3 heterocycles. The van der Waals surface area contributed by atoms with Gasteiger partial charge in [0.25, 0.3) is 0 Å². The Morgan fingerprint density at radius 1 is 0.490 bits per heavy atom. The van der Waals surface area contributed by atoms with Crippen LogP contribution in [0, 0.1) is 0 Å². The van der Waals surface area contributed by atoms with Gasteiger partial charge in [-0.15, -0.1) is 11.3 Å². The van der Waals surface area contributed by atoms with E-state index in [1.165, 1.54) is 53.0 Å². The third-order valence-corrected chi connectivity index (χ3v) is 11.0. The topological polar surface area (TPSA) is 43.6 Å². The highest BCUT2D eigenvalue weighted by molar-refractivity contribution is 7.27. The molecule has 0 saturated carbocycles. The van der Waals surface area contributed by atoms with Crippen molar-refractivity contribution in [3.05, 3.63) is 163 Å². The molecule has 0 saturated heterocycles. The van der Waals surface area contributed by atoms with Gasteiger partial charge in [-0.1, -0.05) is 152 Å². The number of hydrogen-bond acceptors (Lipinski definition) is 4. The second-order valence-corrected chi connectivity index (χ2v) is 13.8. The van der Waals surface area contributed by atoms with Crippen molar-refractivity contribution in [2.24, 2.45) is 0 Å². The maximum Gasteiger partial charge on any atom is 0.238 e. The molecule has 0 spiro atoms. The molecule has 0 aliphatic carbocycles. The van der Waals surface area contributed by atoms with Crippen molar-refractivity contribution in [1.29, 1.82) is 0 Å². The van der Waals surface area contributed by atoms with Gasteiger partial charge in [0.2, 0.25) is 5.95 Å². The van der Waals surface area contributed by atoms with Gasteiger partial charge in [0.05, 0.1) is 11.0 Å². The summed E-state index contributed by atoms with van der Waals surface area (Å²) in [6.07, 6.45) is 4.33. The molecular formula is C46H30N4S. The lowest BCUT2D eigenvalue weighted by atomic mass is 9.97. The van der Waals surface area contributed by atoms with Crippen LogP contribution in [-0.2, 0) is 0 Å². The lowest BCUT2D eigenvalue weighted by Gasteiger charge is -2.12. The lowest BCUT2D eigenvalue weighted by molar-refractivity contribution is 0.955. The molecule has 0 unspecified atom stereocenters. The van der Waals surface area contributed by atoms with E-state index in [0.29, 0.717) is 17.6 Å². The van der Waals surface area contributed by atoms with Crippen LogP contribution in [0.25, 0.3) is 98.7 Å². The van der Waals surface area contributed by atoms with Gasteiger partial charge >= 0.3 is 0 Å². The van der Waals surface area contributed by atoms with E-state index in [9.17, 15) is 0 Å². The lowest BCUT2D eigenvalue weighted by Crippen LogP contribution is -2.06. The van der Waals surface area contributed by atoms with Crippen LogP contribution < -0.4 is 0 Å². The first-order chi connectivity index (χ1) is 25.3. The van der Waals surface area contributed by atoms with E-state index in [2.05, 4.69) is 139 Å². The average molecular weight is 671 g/mol. The molecule has 0 atom stereocenters. The summed E-state index contributed by atoms with van der Waals surface area (Å²) in [5.41, 5.74) is 7.62. The minimum Gasteiger partial charge on any atom is -0.277 e. The van der Waals surface area contributed by atoms with E-state index in [-0.39, 0.29) is 0 Å². The van der Waals surface area contributed by atoms with E-state index >= 15 is 0 Å². The molecule has 0 amide bonds. The number of rotatable bonds is 5. The quantitative estimate of drug-likeness (QED) is 0.183. The maximum atomic E-state index is 5.28. The number of hydrogen-bond donors (Lipinski definition) is 0. The summed E-state index contributed by atoms with van der Waals surface area (Å²) in [5.74, 6) is 1.87. The molecule has 0 radical (unpaired) electrons. The van der Waals surface area contributed by atoms with Crippen molar-refractivity contribution < 1.29 is 0 Å². The predicted octanol–water partition coefficient (Wildman–Crippen LogP) is 12.5. The van der Waals surface area contributed by atoms with Gasteiger partial charge in [-0.3, -0.25) is 4.57 Å². The first-order valence-electron chi connectivity index (χ1n) is 17.2. The van der Waals surface area contributed by atoms with Crippen LogP contribution in [0.15, 0.2) is 158 Å². The molecule has 0 bridgehead atoms. The molecule has 240 valence electrons. The van der Waals surface area contributed by atoms with E-state index in [4.69, 9.17) is 15.0 Å². The molecule has 0 N–H and O–H groups in total. The second-order valence-electron chi connectivity index (χ2n) is 12.7. The fraction of sp³-hybridized carbons (Fsp3) is 0.0217. The molecule has 7 aromatic carbocycles. The van der Waals surface area contributed by atoms with Gasteiger partial charge in [0.15, 0.2) is 11.6 Å². The summed E-state index contributed by atoms with van der Waals surface area (Å²) in [6.45, 7) is 2.08. The van der Waals surface area contributed by atoms with Gasteiger partial charge in [0.1, 0.15) is 0 Å². The van der Waals surface area contributed by atoms with Crippen LogP contribution in [0.3, 0.4) is 0 Å². The Hall–Kier alpha value is -6.43. The van der Waals surface area contributed by atoms with Crippen molar-refractivity contribution in [2.45, 2.75) is 6.92 Å². The highest BCUT2D eigenvalue weighted by Gasteiger charge is 2.25. The average Bonchev–Trinajstić information content (AvgIpc) is 3.76. The highest BCUT2D eigenvalue weighted by atomic mass is 32.1. The summed E-state index contributed by atoms with van der Waals surface area (Å²) in [7, 11) is 0. The smallest absolute Gasteiger partial charge is 0.238 e. The van der Waals surface area contributed by atoms with Gasteiger partial charge in [-0.05, 0) is 41.1 Å². The van der Waals surface area contributed by atoms with Crippen molar-refractivity contribution in [3.8, 4) is 39.9 Å². The Balaban J connectivity index is 1.43. The second kappa shape index (κ2) is 11.9. The highest BCUT2D eigenvalue weighted by Crippen LogP contribution is 2.49. The molecule has 3 aromatic heterocycles. The zero-order valence-corrected chi connectivity index (χ0v) is 28.6. The van der Waals surface area contributed by atoms with E-state index in [1.54, 1.807) is 0 Å². The largest absolute Gasteiger partial charge is 0.277 e. The molecule has 0 aliphatic heterocycles. The van der Waals surface area contributed by atoms with Crippen LogP contribution >= 0.6 is 11.3 Å². The normalized spacial score (nSPS) is 11.9. The Labute approximate surface area is 298 Å². The fourth-order valence-electron chi connectivity index (χ4n) is 7.49. The Kier molecular flexibility index (Phi) is 6.86. The Morgan fingerprint density at radius 3 is 1.76 bits per heavy atom. The van der Waals surface area contributed by atoms with E-state index in [0.717, 1.165) is 27.5 Å². The number of thiophene rings is 1. The molecule has 0 fully saturated rings. The first-order valence-corrected chi connectivity index (χ1v) is 18.0. The zero-order valence-electron chi connectivity index (χ0n) is 27.8. The summed E-state index contributed by atoms with van der Waals surface area (Å²) >= 11 is 1.87. The number of nitrogens with zero attached hydrogens (tertiary/aromatic N) is 4. The molecule has 4 nitrogen and oxygen atoms in total. The van der Waals surface area contributed by atoms with Crippen LogP contribution in [0.2, 0.25) is 0 Å². The summed E-state index contributed by atoms with van der Waals surface area (Å²) in [5, 5.41) is 7.28. The monoisotopic (exact) mass is 670 g/mol. The molecule has 10 aromatic rings. The van der Waals surface area contributed by atoms with Gasteiger partial charge < -0.3 is 0 Å². The first kappa shape index (κ1) is 29.5. The van der Waals surface area contributed by atoms with Crippen LogP contribution in [0.4, 0.5) is 0 Å². The Morgan fingerprint density at radius 2 is 1.10 bits per heavy atom. The summed E-state index contributed by atoms with van der Waals surface area (Å²) in [4.78, 5) is 15.6. The van der Waals surface area contributed by atoms with Gasteiger partial charge in [-0.25, -0.2) is 4.98 Å². The number of allylic oxidation sites excluding steroid dienone is 1. The van der Waals surface area contributed by atoms with Crippen LogP contribution in [0.5, 0.6) is 0 Å². The molecule has 0 aliphatic rings. The molecule has 5 heteroatoms. The fourth-order valence-corrected chi connectivity index (χ4v) is 8.83. The predicted molar refractivity (Wildman–Crippen MR) is 216 cm³/mol. The minimum absolute atomic E-state index is 0.593. The number of fused-ring (bicyclic) bond motifs is 10. The Bertz CT molecular complexity index is 2900. The molecule has 10 rings (SSSR count). The number of benzene rings is 7. The van der Waals surface area contributed by atoms with Gasteiger partial charge in [0, 0.05) is 47.5 Å². The van der Waals surface area contributed by atoms with Crippen molar-refractivity contribution in [1.82, 2.24) is 19.5 Å². The van der Waals surface area contributed by atoms with Crippen LogP contribution in [-0.4, -0.2) is 19.5 Å². The van der Waals surface area contributed by atoms with Crippen molar-refractivity contribution in [2.75, 3.05) is 0 Å². The van der Waals surface area contributed by atoms with E-state index in [1.807, 2.05) is 47.7 Å². The third-order valence-electron chi connectivity index (χ3n) is 9.73. The third kappa shape index (κ3) is 4.70. The van der Waals surface area contributed by atoms with E-state index < -0.39 is 0 Å². The van der Waals surface area contributed by atoms with Crippen molar-refractivity contribution in [3.63, 3.8) is 0 Å². The van der Waals surface area contributed by atoms with Crippen molar-refractivity contribution >= 4 is 70.2 Å². The van der Waals surface area contributed by atoms with Gasteiger partial charge in [-0.2, -0.15) is 9.97 Å². The standard InChI is InChI=1S/C46H30N4S/c1-2-15-30-22-14-25-36-40-41-39(34-23-12-13-24-35(34)43(40)51-42(30)36)37-28-33(29-16-6-3-7-17-29)26-27-38(37)50(41)46-48-44(31-18-8-4-9-19-31)47-45(49-46)32-20-10-5-11-21-32/h2-28H,1H3. The molecular weight excluding hydrogens is 641 g/mol. The minimum atomic E-state index is 0.593. The maximum absolute atomic E-state index is 5.28. The SMILES string of the molecule is CC=Cc1cccc2c1sc1c3ccccc3c3c4cc(-c5ccccc5)ccc4n(-c4nc(-c5ccccc5)nc(-c5ccccc5)n4)c3c21. The number of aromatic nitrogens is 4.